The van der Waals surface area contributed by atoms with E-state index in [-0.39, 0.29) is 22.1 Å². The van der Waals surface area contributed by atoms with Crippen LogP contribution >= 0.6 is 11.6 Å². The zero-order valence-corrected chi connectivity index (χ0v) is 10.6. The normalized spacial score (nSPS) is 10.1. The Morgan fingerprint density at radius 2 is 2.00 bits per heavy atom. The summed E-state index contributed by atoms with van der Waals surface area (Å²) in [4.78, 5) is 25.4. The lowest BCUT2D eigenvalue weighted by molar-refractivity contribution is -0.384. The highest BCUT2D eigenvalue weighted by Crippen LogP contribution is 2.28. The van der Waals surface area contributed by atoms with Crippen molar-refractivity contribution >= 4 is 29.0 Å². The van der Waals surface area contributed by atoms with Crippen LogP contribution in [0.4, 0.5) is 15.9 Å². The van der Waals surface area contributed by atoms with Crippen LogP contribution < -0.4 is 5.32 Å². The second-order valence-corrected chi connectivity index (χ2v) is 4.07. The number of carbonyl (C=O) groups excluding carboxylic acids is 1. The van der Waals surface area contributed by atoms with E-state index in [1.165, 1.54) is 30.3 Å². The average molecular weight is 296 g/mol. The maximum atomic E-state index is 12.9. The van der Waals surface area contributed by atoms with Gasteiger partial charge in [0.25, 0.3) is 11.6 Å². The summed E-state index contributed by atoms with van der Waals surface area (Å²) in [7, 11) is 0. The molecular weight excluding hydrogens is 289 g/mol. The predicted octanol–water partition coefficient (Wildman–Crippen LogP) is 3.03. The van der Waals surface area contributed by atoms with Gasteiger partial charge in [0.05, 0.1) is 10.5 Å². The summed E-state index contributed by atoms with van der Waals surface area (Å²) in [5, 5.41) is 12.8. The van der Waals surface area contributed by atoms with Crippen LogP contribution in [0.15, 0.2) is 36.4 Å². The topological polar surface area (TPSA) is 85.1 Å². The monoisotopic (exact) mass is 295 g/mol. The molecule has 2 rings (SSSR count). The molecule has 20 heavy (non-hydrogen) atoms. The first-order chi connectivity index (χ1) is 9.49. The molecule has 0 bridgehead atoms. The van der Waals surface area contributed by atoms with Gasteiger partial charge in [0, 0.05) is 6.07 Å². The van der Waals surface area contributed by atoms with E-state index in [1.54, 1.807) is 0 Å². The Morgan fingerprint density at radius 3 is 2.65 bits per heavy atom. The number of halogens is 2. The molecule has 2 aromatic rings. The fourth-order valence-corrected chi connectivity index (χ4v) is 1.78. The molecule has 8 heteroatoms. The number of carbonyl (C=O) groups is 1. The lowest BCUT2D eigenvalue weighted by Crippen LogP contribution is -2.14. The van der Waals surface area contributed by atoms with Crippen molar-refractivity contribution in [3.8, 4) is 0 Å². The number of rotatable bonds is 3. The zero-order chi connectivity index (χ0) is 14.7. The van der Waals surface area contributed by atoms with E-state index in [1.807, 2.05) is 0 Å². The van der Waals surface area contributed by atoms with Crippen LogP contribution in [-0.4, -0.2) is 15.8 Å². The van der Waals surface area contributed by atoms with Gasteiger partial charge in [-0.1, -0.05) is 23.7 Å². The lowest BCUT2D eigenvalue weighted by Gasteiger charge is -2.06. The number of nitrogens with zero attached hydrogens (tertiary/aromatic N) is 2. The van der Waals surface area contributed by atoms with Gasteiger partial charge < -0.3 is 5.32 Å². The van der Waals surface area contributed by atoms with Crippen molar-refractivity contribution in [2.75, 3.05) is 5.32 Å². The smallest absolute Gasteiger partial charge is 0.288 e. The first-order valence-electron chi connectivity index (χ1n) is 5.36. The van der Waals surface area contributed by atoms with Gasteiger partial charge in [-0.25, -0.2) is 4.98 Å². The van der Waals surface area contributed by atoms with Gasteiger partial charge in [-0.05, 0) is 18.2 Å². The first-order valence-corrected chi connectivity index (χ1v) is 5.73. The number of hydrogen-bond acceptors (Lipinski definition) is 4. The summed E-state index contributed by atoms with van der Waals surface area (Å²) in [6.07, 6.45) is 0. The Morgan fingerprint density at radius 1 is 1.30 bits per heavy atom. The molecule has 0 aliphatic rings. The molecule has 0 saturated heterocycles. The first kappa shape index (κ1) is 13.9. The van der Waals surface area contributed by atoms with Crippen molar-refractivity contribution in [2.45, 2.75) is 0 Å². The van der Waals surface area contributed by atoms with Crippen molar-refractivity contribution in [3.05, 3.63) is 63.0 Å². The van der Waals surface area contributed by atoms with Crippen LogP contribution in [0.1, 0.15) is 10.4 Å². The van der Waals surface area contributed by atoms with E-state index in [0.29, 0.717) is 0 Å². The fraction of sp³-hybridized carbons (Fsp3) is 0. The molecule has 0 spiro atoms. The Labute approximate surface area is 117 Å². The van der Waals surface area contributed by atoms with Crippen LogP contribution in [0.3, 0.4) is 0 Å². The summed E-state index contributed by atoms with van der Waals surface area (Å²) in [5.41, 5.74) is -0.474. The quantitative estimate of drug-likeness (QED) is 0.536. The molecule has 0 aliphatic heterocycles. The summed E-state index contributed by atoms with van der Waals surface area (Å²) >= 11 is 5.80. The summed E-state index contributed by atoms with van der Waals surface area (Å²) in [6.45, 7) is 0. The van der Waals surface area contributed by atoms with E-state index in [4.69, 9.17) is 11.6 Å². The molecule has 0 fully saturated rings. The number of aromatic nitrogens is 1. The van der Waals surface area contributed by atoms with Gasteiger partial charge in [0.15, 0.2) is 0 Å². The molecule has 0 saturated carbocycles. The molecule has 1 N–H and O–H groups in total. The molecule has 102 valence electrons. The molecule has 6 nitrogen and oxygen atoms in total. The Kier molecular flexibility index (Phi) is 3.90. The molecule has 0 unspecified atom stereocenters. The second kappa shape index (κ2) is 5.62. The van der Waals surface area contributed by atoms with E-state index in [0.717, 1.165) is 6.07 Å². The Balaban J connectivity index is 2.30. The van der Waals surface area contributed by atoms with Gasteiger partial charge in [0.1, 0.15) is 10.8 Å². The highest BCUT2D eigenvalue weighted by molar-refractivity contribution is 6.36. The number of nitro groups is 1. The maximum absolute atomic E-state index is 12.9. The Hall–Kier alpha value is -2.54. The van der Waals surface area contributed by atoms with Crippen molar-refractivity contribution in [1.82, 2.24) is 4.98 Å². The largest absolute Gasteiger partial charge is 0.306 e. The minimum atomic E-state index is -0.757. The van der Waals surface area contributed by atoms with Crippen molar-refractivity contribution in [1.29, 1.82) is 0 Å². The van der Waals surface area contributed by atoms with E-state index in [9.17, 15) is 19.3 Å². The van der Waals surface area contributed by atoms with Gasteiger partial charge in [-0.15, -0.1) is 0 Å². The fourth-order valence-electron chi connectivity index (χ4n) is 1.50. The molecule has 0 radical (unpaired) electrons. The third-order valence-electron chi connectivity index (χ3n) is 2.38. The Bertz CT molecular complexity index is 693. The standard InChI is InChI=1S/C12H7ClFN3O3/c13-11-7(3-1-4-8(11)17(19)20)12(18)16-10-6-2-5-9(14)15-10/h1-6H,(H,15,16,18). The van der Waals surface area contributed by atoms with Crippen molar-refractivity contribution in [3.63, 3.8) is 0 Å². The van der Waals surface area contributed by atoms with Gasteiger partial charge in [-0.2, -0.15) is 4.39 Å². The van der Waals surface area contributed by atoms with Gasteiger partial charge in [0.2, 0.25) is 5.95 Å². The van der Waals surface area contributed by atoms with Gasteiger partial charge in [-0.3, -0.25) is 14.9 Å². The number of benzene rings is 1. The number of pyridine rings is 1. The molecule has 1 amide bonds. The van der Waals surface area contributed by atoms with Crippen molar-refractivity contribution < 1.29 is 14.1 Å². The van der Waals surface area contributed by atoms with E-state index in [2.05, 4.69) is 10.3 Å². The number of amides is 1. The third kappa shape index (κ3) is 2.89. The molecule has 1 aromatic carbocycles. The number of nitrogens with one attached hydrogen (secondary N) is 1. The second-order valence-electron chi connectivity index (χ2n) is 3.70. The van der Waals surface area contributed by atoms with Crippen LogP contribution in [-0.2, 0) is 0 Å². The number of nitro benzene ring substituents is 1. The molecule has 1 aromatic heterocycles. The highest BCUT2D eigenvalue weighted by Gasteiger charge is 2.20. The van der Waals surface area contributed by atoms with Crippen LogP contribution in [0.25, 0.3) is 0 Å². The molecular formula is C12H7ClFN3O3. The lowest BCUT2D eigenvalue weighted by atomic mass is 10.2. The SMILES string of the molecule is O=C(Nc1cccc(F)n1)c1cccc([N+](=O)[O-])c1Cl. The average Bonchev–Trinajstić information content (AvgIpc) is 2.38. The summed E-state index contributed by atoms with van der Waals surface area (Å²) in [6, 6.07) is 7.71. The third-order valence-corrected chi connectivity index (χ3v) is 2.77. The van der Waals surface area contributed by atoms with E-state index < -0.39 is 16.8 Å². The maximum Gasteiger partial charge on any atom is 0.288 e. The number of hydrogen-bond donors (Lipinski definition) is 1. The minimum absolute atomic E-state index is 0.0161. The minimum Gasteiger partial charge on any atom is -0.306 e. The van der Waals surface area contributed by atoms with Gasteiger partial charge >= 0.3 is 0 Å². The molecule has 0 atom stereocenters. The van der Waals surface area contributed by atoms with Crippen LogP contribution in [0, 0.1) is 16.1 Å². The van der Waals surface area contributed by atoms with Crippen LogP contribution in [0.2, 0.25) is 5.02 Å². The molecule has 1 heterocycles. The van der Waals surface area contributed by atoms with Crippen molar-refractivity contribution in [2.24, 2.45) is 0 Å². The zero-order valence-electron chi connectivity index (χ0n) is 9.84. The van der Waals surface area contributed by atoms with Crippen LogP contribution in [0.5, 0.6) is 0 Å². The summed E-state index contributed by atoms with van der Waals surface area (Å²) < 4.78 is 12.9. The van der Waals surface area contributed by atoms with E-state index >= 15 is 0 Å². The predicted molar refractivity (Wildman–Crippen MR) is 70.3 cm³/mol. The molecule has 0 aliphatic carbocycles. The summed E-state index contributed by atoms with van der Waals surface area (Å²) in [5.74, 6) is -1.48. The highest BCUT2D eigenvalue weighted by atomic mass is 35.5. The number of anilines is 1.